The molecule has 8 heteroatoms. The Hall–Kier alpha value is -1.22. The fraction of sp³-hybridized carbons (Fsp3) is 0.889. The summed E-state index contributed by atoms with van der Waals surface area (Å²) in [5, 5.41) is 8.76. The molecule has 0 aromatic carbocycles. The van der Waals surface area contributed by atoms with Crippen molar-refractivity contribution in [3.63, 3.8) is 0 Å². The maximum absolute atomic E-state index is 5.82. The molecular weight excluding hydrogens is 334 g/mol. The third-order valence-corrected chi connectivity index (χ3v) is 4.56. The summed E-state index contributed by atoms with van der Waals surface area (Å²) < 4.78 is 18.7. The van der Waals surface area contributed by atoms with E-state index in [-0.39, 0.29) is 0 Å². The first-order chi connectivity index (χ1) is 12.5. The highest BCUT2D eigenvalue weighted by atomic mass is 16.5. The molecule has 0 spiro atoms. The number of likely N-dealkylation sites (N-methyl/N-ethyl adjacent to an activating group) is 1. The molecule has 0 bridgehead atoms. The lowest BCUT2D eigenvalue weighted by Crippen LogP contribution is -2.47. The summed E-state index contributed by atoms with van der Waals surface area (Å²) in [6, 6.07) is 0. The highest BCUT2D eigenvalue weighted by Gasteiger charge is 2.23. The molecular formula is C18H35N5O3. The number of aromatic nitrogens is 3. The van der Waals surface area contributed by atoms with E-state index in [1.807, 2.05) is 6.92 Å². The largest absolute Gasteiger partial charge is 0.385 e. The van der Waals surface area contributed by atoms with E-state index in [0.29, 0.717) is 25.4 Å². The zero-order valence-corrected chi connectivity index (χ0v) is 17.0. The van der Waals surface area contributed by atoms with E-state index in [9.17, 15) is 0 Å². The van der Waals surface area contributed by atoms with Gasteiger partial charge in [-0.25, -0.2) is 0 Å². The maximum Gasteiger partial charge on any atom is 0.227 e. The smallest absolute Gasteiger partial charge is 0.227 e. The van der Waals surface area contributed by atoms with Crippen LogP contribution in [0.4, 0.5) is 5.95 Å². The second kappa shape index (κ2) is 10.8. The fourth-order valence-corrected chi connectivity index (χ4v) is 3.36. The van der Waals surface area contributed by atoms with E-state index < -0.39 is 0 Å². The van der Waals surface area contributed by atoms with E-state index in [0.717, 1.165) is 57.5 Å². The number of ether oxygens (including phenoxy) is 3. The molecule has 0 radical (unpaired) electrons. The van der Waals surface area contributed by atoms with E-state index in [1.165, 1.54) is 0 Å². The molecule has 2 rings (SSSR count). The molecule has 1 aliphatic heterocycles. The first-order valence-corrected chi connectivity index (χ1v) is 9.62. The average Bonchev–Trinajstić information content (AvgIpc) is 3.00. The molecule has 0 saturated carbocycles. The standard InChI is InChI=1S/C18H35N5O3/c1-6-25-14-17-19-20-18(23(17)8-7-11-24-5)21(4)9-10-22-12-15(2)26-16(3)13-22/h15-16H,6-14H2,1-5H3/t15-,16+. The minimum Gasteiger partial charge on any atom is -0.385 e. The summed E-state index contributed by atoms with van der Waals surface area (Å²) in [5.74, 6) is 1.77. The Balaban J connectivity index is 1.97. The monoisotopic (exact) mass is 369 g/mol. The van der Waals surface area contributed by atoms with Crippen molar-refractivity contribution in [2.24, 2.45) is 0 Å². The van der Waals surface area contributed by atoms with Gasteiger partial charge in [-0.15, -0.1) is 10.2 Å². The van der Waals surface area contributed by atoms with Gasteiger partial charge in [-0.1, -0.05) is 0 Å². The lowest BCUT2D eigenvalue weighted by atomic mass is 10.2. The van der Waals surface area contributed by atoms with Crippen LogP contribution in [-0.2, 0) is 27.4 Å². The van der Waals surface area contributed by atoms with Crippen LogP contribution in [0, 0.1) is 0 Å². The Bertz CT molecular complexity index is 515. The van der Waals surface area contributed by atoms with Crippen LogP contribution in [-0.4, -0.2) is 85.4 Å². The van der Waals surface area contributed by atoms with E-state index >= 15 is 0 Å². The molecule has 1 saturated heterocycles. The molecule has 1 aliphatic rings. The molecule has 26 heavy (non-hydrogen) atoms. The molecule has 8 nitrogen and oxygen atoms in total. The van der Waals surface area contributed by atoms with E-state index in [1.54, 1.807) is 7.11 Å². The number of rotatable bonds is 11. The molecule has 1 aromatic heterocycles. The van der Waals surface area contributed by atoms with Crippen molar-refractivity contribution >= 4 is 5.95 Å². The van der Waals surface area contributed by atoms with E-state index in [4.69, 9.17) is 14.2 Å². The van der Waals surface area contributed by atoms with Gasteiger partial charge in [-0.05, 0) is 27.2 Å². The van der Waals surface area contributed by atoms with Gasteiger partial charge < -0.3 is 19.1 Å². The van der Waals surface area contributed by atoms with Crippen LogP contribution in [0.25, 0.3) is 0 Å². The van der Waals surface area contributed by atoms with Crippen LogP contribution >= 0.6 is 0 Å². The topological polar surface area (TPSA) is 64.9 Å². The van der Waals surface area contributed by atoms with Crippen LogP contribution in [0.5, 0.6) is 0 Å². The van der Waals surface area contributed by atoms with Gasteiger partial charge in [0.1, 0.15) is 6.61 Å². The van der Waals surface area contributed by atoms with Crippen LogP contribution in [0.15, 0.2) is 0 Å². The molecule has 2 atom stereocenters. The highest BCUT2D eigenvalue weighted by molar-refractivity contribution is 5.29. The third-order valence-electron chi connectivity index (χ3n) is 4.56. The number of hydrogen-bond donors (Lipinski definition) is 0. The van der Waals surface area contributed by atoms with Gasteiger partial charge in [0.2, 0.25) is 5.95 Å². The SMILES string of the molecule is CCOCc1nnc(N(C)CCN2C[C@@H](C)O[C@@H](C)C2)n1CCCOC. The first-order valence-electron chi connectivity index (χ1n) is 9.62. The molecule has 0 N–H and O–H groups in total. The summed E-state index contributed by atoms with van der Waals surface area (Å²) in [4.78, 5) is 4.64. The summed E-state index contributed by atoms with van der Waals surface area (Å²) in [6.07, 6.45) is 1.51. The van der Waals surface area contributed by atoms with Crippen molar-refractivity contribution in [2.75, 3.05) is 58.5 Å². The minimum absolute atomic E-state index is 0.291. The molecule has 1 fully saturated rings. The van der Waals surface area contributed by atoms with Crippen molar-refractivity contribution in [1.82, 2.24) is 19.7 Å². The van der Waals surface area contributed by atoms with Gasteiger partial charge in [-0.2, -0.15) is 0 Å². The van der Waals surface area contributed by atoms with Gasteiger partial charge in [0.05, 0.1) is 12.2 Å². The van der Waals surface area contributed by atoms with Gasteiger partial charge >= 0.3 is 0 Å². The van der Waals surface area contributed by atoms with Crippen molar-refractivity contribution in [3.05, 3.63) is 5.82 Å². The summed E-state index contributed by atoms with van der Waals surface area (Å²) >= 11 is 0. The molecule has 0 amide bonds. The van der Waals surface area contributed by atoms with Crippen LogP contribution in [0.1, 0.15) is 33.0 Å². The summed E-state index contributed by atoms with van der Waals surface area (Å²) in [6.45, 7) is 12.8. The lowest BCUT2D eigenvalue weighted by Gasteiger charge is -2.36. The Morgan fingerprint density at radius 1 is 1.19 bits per heavy atom. The normalized spacial score (nSPS) is 21.3. The van der Waals surface area contributed by atoms with Crippen molar-refractivity contribution in [2.45, 2.75) is 52.6 Å². The number of hydrogen-bond acceptors (Lipinski definition) is 7. The Morgan fingerprint density at radius 2 is 1.92 bits per heavy atom. The van der Waals surface area contributed by atoms with Crippen LogP contribution < -0.4 is 4.90 Å². The van der Waals surface area contributed by atoms with Crippen molar-refractivity contribution in [1.29, 1.82) is 0 Å². The Kier molecular flexibility index (Phi) is 8.77. The van der Waals surface area contributed by atoms with E-state index in [2.05, 4.69) is 45.5 Å². The van der Waals surface area contributed by atoms with Crippen molar-refractivity contribution in [3.8, 4) is 0 Å². The minimum atomic E-state index is 0.291. The Labute approximate surface area is 157 Å². The fourth-order valence-electron chi connectivity index (χ4n) is 3.36. The molecule has 0 aliphatic carbocycles. The van der Waals surface area contributed by atoms with Gasteiger partial charge in [0, 0.05) is 60.1 Å². The third kappa shape index (κ3) is 6.19. The summed E-state index contributed by atoms with van der Waals surface area (Å²) in [7, 11) is 3.80. The average molecular weight is 370 g/mol. The number of nitrogens with zero attached hydrogens (tertiary/aromatic N) is 5. The van der Waals surface area contributed by atoms with Gasteiger partial charge in [0.25, 0.3) is 0 Å². The van der Waals surface area contributed by atoms with Gasteiger partial charge in [0.15, 0.2) is 5.82 Å². The zero-order chi connectivity index (χ0) is 18.9. The second-order valence-corrected chi connectivity index (χ2v) is 6.99. The maximum atomic E-state index is 5.82. The highest BCUT2D eigenvalue weighted by Crippen LogP contribution is 2.15. The second-order valence-electron chi connectivity index (χ2n) is 6.99. The number of anilines is 1. The lowest BCUT2D eigenvalue weighted by molar-refractivity contribution is -0.0670. The number of methoxy groups -OCH3 is 1. The predicted molar refractivity (Wildman–Crippen MR) is 102 cm³/mol. The molecule has 1 aromatic rings. The summed E-state index contributed by atoms with van der Waals surface area (Å²) in [5.41, 5.74) is 0. The predicted octanol–water partition coefficient (Wildman–Crippen LogP) is 1.40. The van der Waals surface area contributed by atoms with Crippen LogP contribution in [0.3, 0.4) is 0 Å². The van der Waals surface area contributed by atoms with Gasteiger partial charge in [-0.3, -0.25) is 9.47 Å². The molecule has 150 valence electrons. The molecule has 2 heterocycles. The molecule has 0 unspecified atom stereocenters. The zero-order valence-electron chi connectivity index (χ0n) is 17.0. The quantitative estimate of drug-likeness (QED) is 0.546. The van der Waals surface area contributed by atoms with Crippen LogP contribution in [0.2, 0.25) is 0 Å². The Morgan fingerprint density at radius 3 is 2.58 bits per heavy atom. The first kappa shape index (κ1) is 21.1. The van der Waals surface area contributed by atoms with Crippen molar-refractivity contribution < 1.29 is 14.2 Å². The number of morpholine rings is 1.